The summed E-state index contributed by atoms with van der Waals surface area (Å²) in [4.78, 5) is 10.4. The lowest BCUT2D eigenvalue weighted by Gasteiger charge is -2.13. The van der Waals surface area contributed by atoms with Crippen LogP contribution in [0.2, 0.25) is 0 Å². The first-order valence-electron chi connectivity index (χ1n) is 5.26. The fourth-order valence-corrected chi connectivity index (χ4v) is 1.87. The molecule has 0 aromatic heterocycles. The van der Waals surface area contributed by atoms with Crippen LogP contribution in [0.4, 0.5) is 5.69 Å². The van der Waals surface area contributed by atoms with Gasteiger partial charge in [-0.25, -0.2) is 0 Å². The molecule has 1 unspecified atom stereocenters. The second-order valence-electron chi connectivity index (χ2n) is 3.62. The van der Waals surface area contributed by atoms with Crippen LogP contribution in [0.3, 0.4) is 0 Å². The van der Waals surface area contributed by atoms with Gasteiger partial charge in [-0.05, 0) is 19.4 Å². The van der Waals surface area contributed by atoms with Crippen LogP contribution in [0.25, 0.3) is 0 Å². The average Bonchev–Trinajstić information content (AvgIpc) is 2.26. The minimum atomic E-state index is -0.821. The van der Waals surface area contributed by atoms with Crippen molar-refractivity contribution in [2.45, 2.75) is 26.4 Å². The highest BCUT2D eigenvalue weighted by molar-refractivity contribution is 9.10. The third-order valence-electron chi connectivity index (χ3n) is 2.16. The molecule has 0 aliphatic heterocycles. The summed E-state index contributed by atoms with van der Waals surface area (Å²) in [6, 6.07) is 3.00. The number of nitro groups is 1. The quantitative estimate of drug-likeness (QED) is 0.669. The van der Waals surface area contributed by atoms with Gasteiger partial charge in [-0.2, -0.15) is 0 Å². The Labute approximate surface area is 108 Å². The van der Waals surface area contributed by atoms with Crippen molar-refractivity contribution < 1.29 is 14.8 Å². The van der Waals surface area contributed by atoms with E-state index in [0.717, 1.165) is 6.42 Å². The zero-order valence-electron chi connectivity index (χ0n) is 9.64. The van der Waals surface area contributed by atoms with Crippen LogP contribution in [-0.4, -0.2) is 16.6 Å². The third kappa shape index (κ3) is 3.41. The van der Waals surface area contributed by atoms with Gasteiger partial charge >= 0.3 is 5.69 Å². The van der Waals surface area contributed by atoms with Crippen LogP contribution in [-0.2, 0) is 0 Å². The molecule has 0 saturated heterocycles. The normalized spacial score (nSPS) is 12.2. The van der Waals surface area contributed by atoms with Gasteiger partial charge in [0.15, 0.2) is 0 Å². The molecule has 94 valence electrons. The second kappa shape index (κ2) is 5.97. The highest BCUT2D eigenvalue weighted by Gasteiger charge is 2.22. The monoisotopic (exact) mass is 303 g/mol. The highest BCUT2D eigenvalue weighted by atomic mass is 79.9. The first-order valence-corrected chi connectivity index (χ1v) is 6.05. The smallest absolute Gasteiger partial charge is 0.312 e. The van der Waals surface area contributed by atoms with Gasteiger partial charge in [0.1, 0.15) is 0 Å². The summed E-state index contributed by atoms with van der Waals surface area (Å²) in [5, 5.41) is 20.5. The molecule has 0 saturated carbocycles. The van der Waals surface area contributed by atoms with E-state index in [9.17, 15) is 15.2 Å². The SMILES string of the molecule is CCCOc1c(C(C)O)cc(Br)cc1[N+](=O)[O-]. The minimum Gasteiger partial charge on any atom is -0.487 e. The van der Waals surface area contributed by atoms with E-state index < -0.39 is 11.0 Å². The second-order valence-corrected chi connectivity index (χ2v) is 4.54. The topological polar surface area (TPSA) is 72.6 Å². The third-order valence-corrected chi connectivity index (χ3v) is 2.62. The van der Waals surface area contributed by atoms with Crippen molar-refractivity contribution in [2.24, 2.45) is 0 Å². The zero-order valence-corrected chi connectivity index (χ0v) is 11.2. The highest BCUT2D eigenvalue weighted by Crippen LogP contribution is 2.37. The molecular weight excluding hydrogens is 290 g/mol. The van der Waals surface area contributed by atoms with Crippen LogP contribution in [0.15, 0.2) is 16.6 Å². The summed E-state index contributed by atoms with van der Waals surface area (Å²) in [7, 11) is 0. The summed E-state index contributed by atoms with van der Waals surface area (Å²) >= 11 is 3.18. The van der Waals surface area contributed by atoms with E-state index in [4.69, 9.17) is 4.74 Å². The maximum absolute atomic E-state index is 10.9. The molecule has 0 amide bonds. The zero-order chi connectivity index (χ0) is 13.0. The van der Waals surface area contributed by atoms with Crippen molar-refractivity contribution in [3.05, 3.63) is 32.3 Å². The summed E-state index contributed by atoms with van der Waals surface area (Å²) in [5.41, 5.74) is 0.281. The Morgan fingerprint density at radius 1 is 1.59 bits per heavy atom. The Morgan fingerprint density at radius 2 is 2.24 bits per heavy atom. The van der Waals surface area contributed by atoms with Gasteiger partial charge in [-0.1, -0.05) is 22.9 Å². The number of ether oxygens (including phenoxy) is 1. The van der Waals surface area contributed by atoms with E-state index in [1.807, 2.05) is 6.92 Å². The van der Waals surface area contributed by atoms with Crippen molar-refractivity contribution in [1.82, 2.24) is 0 Å². The van der Waals surface area contributed by atoms with Gasteiger partial charge in [0.2, 0.25) is 5.75 Å². The maximum atomic E-state index is 10.9. The van der Waals surface area contributed by atoms with Crippen molar-refractivity contribution in [1.29, 1.82) is 0 Å². The standard InChI is InChI=1S/C11H14BrNO4/c1-3-4-17-11-9(7(2)14)5-8(12)6-10(11)13(15)16/h5-7,14H,3-4H2,1-2H3. The number of nitro benzene ring substituents is 1. The van der Waals surface area contributed by atoms with Crippen molar-refractivity contribution in [3.63, 3.8) is 0 Å². The maximum Gasteiger partial charge on any atom is 0.312 e. The largest absolute Gasteiger partial charge is 0.487 e. The lowest BCUT2D eigenvalue weighted by molar-refractivity contribution is -0.386. The summed E-state index contributed by atoms with van der Waals surface area (Å²) in [5.74, 6) is 0.148. The molecule has 1 atom stereocenters. The lowest BCUT2D eigenvalue weighted by atomic mass is 10.1. The van der Waals surface area contributed by atoms with Gasteiger partial charge < -0.3 is 9.84 Å². The fraction of sp³-hybridized carbons (Fsp3) is 0.455. The minimum absolute atomic E-state index is 0.135. The number of aliphatic hydroxyl groups is 1. The average molecular weight is 304 g/mol. The molecule has 0 bridgehead atoms. The van der Waals surface area contributed by atoms with E-state index in [1.165, 1.54) is 6.07 Å². The summed E-state index contributed by atoms with van der Waals surface area (Å²) in [6.07, 6.45) is -0.0787. The molecule has 1 aromatic carbocycles. The Balaban J connectivity index is 3.31. The van der Waals surface area contributed by atoms with E-state index in [2.05, 4.69) is 15.9 Å². The molecular formula is C11H14BrNO4. The number of hydrogen-bond acceptors (Lipinski definition) is 4. The molecule has 0 fully saturated rings. The predicted molar refractivity (Wildman–Crippen MR) is 67.2 cm³/mol. The number of hydrogen-bond donors (Lipinski definition) is 1. The molecule has 0 radical (unpaired) electrons. The van der Waals surface area contributed by atoms with Crippen LogP contribution in [0.1, 0.15) is 31.9 Å². The van der Waals surface area contributed by atoms with Gasteiger partial charge in [0, 0.05) is 16.1 Å². The van der Waals surface area contributed by atoms with Crippen LogP contribution in [0, 0.1) is 10.1 Å². The molecule has 5 nitrogen and oxygen atoms in total. The van der Waals surface area contributed by atoms with Crippen LogP contribution >= 0.6 is 15.9 Å². The van der Waals surface area contributed by atoms with Crippen molar-refractivity contribution >= 4 is 21.6 Å². The van der Waals surface area contributed by atoms with Gasteiger partial charge in [0.25, 0.3) is 0 Å². The van der Waals surface area contributed by atoms with Gasteiger partial charge in [0.05, 0.1) is 17.6 Å². The molecule has 0 aliphatic rings. The summed E-state index contributed by atoms with van der Waals surface area (Å²) < 4.78 is 5.92. The fourth-order valence-electron chi connectivity index (χ4n) is 1.41. The van der Waals surface area contributed by atoms with Crippen molar-refractivity contribution in [3.8, 4) is 5.75 Å². The molecule has 17 heavy (non-hydrogen) atoms. The van der Waals surface area contributed by atoms with E-state index in [1.54, 1.807) is 13.0 Å². The molecule has 0 spiro atoms. The van der Waals surface area contributed by atoms with Gasteiger partial charge in [-0.3, -0.25) is 10.1 Å². The van der Waals surface area contributed by atoms with Crippen LogP contribution < -0.4 is 4.74 Å². The van der Waals surface area contributed by atoms with Crippen LogP contribution in [0.5, 0.6) is 5.75 Å². The van der Waals surface area contributed by atoms with E-state index in [-0.39, 0.29) is 11.4 Å². The Kier molecular flexibility index (Phi) is 4.89. The molecule has 1 rings (SSSR count). The molecule has 0 aliphatic carbocycles. The Hall–Kier alpha value is -1.14. The Morgan fingerprint density at radius 3 is 2.71 bits per heavy atom. The number of rotatable bonds is 5. The number of nitrogens with zero attached hydrogens (tertiary/aromatic N) is 1. The molecule has 1 N–H and O–H groups in total. The number of halogens is 1. The molecule has 6 heteroatoms. The summed E-state index contributed by atoms with van der Waals surface area (Å²) in [6.45, 7) is 3.83. The lowest BCUT2D eigenvalue weighted by Crippen LogP contribution is -2.05. The number of benzene rings is 1. The van der Waals surface area contributed by atoms with E-state index >= 15 is 0 Å². The van der Waals surface area contributed by atoms with Gasteiger partial charge in [-0.15, -0.1) is 0 Å². The molecule has 0 heterocycles. The first-order chi connectivity index (χ1) is 7.97. The first kappa shape index (κ1) is 13.9. The predicted octanol–water partition coefficient (Wildman–Crippen LogP) is 3.20. The number of aliphatic hydroxyl groups excluding tert-OH is 1. The Bertz CT molecular complexity index is 420. The molecule has 1 aromatic rings. The van der Waals surface area contributed by atoms with E-state index in [0.29, 0.717) is 16.6 Å². The van der Waals surface area contributed by atoms with Crippen molar-refractivity contribution in [2.75, 3.05) is 6.61 Å².